The van der Waals surface area contributed by atoms with Gasteiger partial charge >= 0.3 is 0 Å². The van der Waals surface area contributed by atoms with Crippen LogP contribution < -0.4 is 0 Å². The molecule has 1 amide bonds. The van der Waals surface area contributed by atoms with Crippen LogP contribution in [0.3, 0.4) is 0 Å². The molecule has 1 aliphatic rings. The fourth-order valence-electron chi connectivity index (χ4n) is 3.06. The van der Waals surface area contributed by atoms with Gasteiger partial charge in [0.15, 0.2) is 12.1 Å². The van der Waals surface area contributed by atoms with Crippen molar-refractivity contribution in [2.75, 3.05) is 0 Å². The number of nitrogens with one attached hydrogen (secondary N) is 1. The van der Waals surface area contributed by atoms with Gasteiger partial charge < -0.3 is 9.32 Å². The van der Waals surface area contributed by atoms with Crippen molar-refractivity contribution in [3.8, 4) is 11.3 Å². The number of carbonyl (C=O) groups is 1. The Morgan fingerprint density at radius 3 is 2.77 bits per heavy atom. The minimum absolute atomic E-state index is 0.0368. The Bertz CT molecular complexity index is 893. The normalized spacial score (nSPS) is 14.0. The highest BCUT2D eigenvalue weighted by Crippen LogP contribution is 2.41. The number of H-pyrrole nitrogens is 1. The Labute approximate surface area is 152 Å². The van der Waals surface area contributed by atoms with E-state index in [1.165, 1.54) is 6.39 Å². The van der Waals surface area contributed by atoms with E-state index in [9.17, 15) is 4.79 Å². The molecule has 0 atom stereocenters. The molecule has 0 saturated heterocycles. The number of amides is 1. The van der Waals surface area contributed by atoms with Crippen molar-refractivity contribution >= 4 is 5.91 Å². The summed E-state index contributed by atoms with van der Waals surface area (Å²) >= 11 is 0. The summed E-state index contributed by atoms with van der Waals surface area (Å²) in [6.45, 7) is 4.46. The van der Waals surface area contributed by atoms with Gasteiger partial charge in [-0.15, -0.1) is 0 Å². The lowest BCUT2D eigenvalue weighted by atomic mass is 10.1. The molecule has 1 fully saturated rings. The molecule has 6 nitrogen and oxygen atoms in total. The lowest BCUT2D eigenvalue weighted by Gasteiger charge is -2.25. The molecule has 4 rings (SSSR count). The van der Waals surface area contributed by atoms with Crippen LogP contribution in [0.25, 0.3) is 11.3 Å². The molecule has 1 aliphatic carbocycles. The summed E-state index contributed by atoms with van der Waals surface area (Å²) in [4.78, 5) is 19.0. The second-order valence-corrected chi connectivity index (χ2v) is 7.01. The Kier molecular flexibility index (Phi) is 4.32. The number of hydrogen-bond acceptors (Lipinski definition) is 4. The molecule has 0 bridgehead atoms. The van der Waals surface area contributed by atoms with Crippen LogP contribution in [0.15, 0.2) is 47.2 Å². The maximum Gasteiger partial charge on any atom is 0.276 e. The molecule has 0 spiro atoms. The minimum Gasteiger partial charge on any atom is -0.447 e. The van der Waals surface area contributed by atoms with Gasteiger partial charge in [-0.2, -0.15) is 5.10 Å². The third kappa shape index (κ3) is 3.27. The van der Waals surface area contributed by atoms with Crippen LogP contribution >= 0.6 is 0 Å². The molecule has 0 radical (unpaired) electrons. The van der Waals surface area contributed by atoms with Gasteiger partial charge in [-0.3, -0.25) is 9.89 Å². The quantitative estimate of drug-likeness (QED) is 0.729. The molecule has 134 valence electrons. The van der Waals surface area contributed by atoms with Gasteiger partial charge in [0.1, 0.15) is 5.76 Å². The van der Waals surface area contributed by atoms with Gasteiger partial charge in [0, 0.05) is 17.5 Å². The zero-order chi connectivity index (χ0) is 18.1. The van der Waals surface area contributed by atoms with E-state index in [1.54, 1.807) is 4.90 Å². The second kappa shape index (κ2) is 6.78. The van der Waals surface area contributed by atoms with Crippen LogP contribution in [0.2, 0.25) is 0 Å². The third-order valence-electron chi connectivity index (χ3n) is 4.67. The first-order valence-electron chi connectivity index (χ1n) is 8.97. The lowest BCUT2D eigenvalue weighted by molar-refractivity contribution is 0.0680. The molecule has 0 aliphatic heterocycles. The largest absolute Gasteiger partial charge is 0.447 e. The van der Waals surface area contributed by atoms with Crippen molar-refractivity contribution in [3.63, 3.8) is 0 Å². The fourth-order valence-corrected chi connectivity index (χ4v) is 3.06. The molecular formula is C20H22N4O2. The Balaban J connectivity index is 1.55. The number of aromatic amines is 1. The summed E-state index contributed by atoms with van der Waals surface area (Å²) < 4.78 is 5.47. The van der Waals surface area contributed by atoms with E-state index in [2.05, 4.69) is 15.2 Å². The Morgan fingerprint density at radius 2 is 2.08 bits per heavy atom. The zero-order valence-corrected chi connectivity index (χ0v) is 15.0. The van der Waals surface area contributed by atoms with Crippen LogP contribution in [-0.4, -0.2) is 32.0 Å². The standard InChI is InChI=1S/C20H22N4O2/c1-13(2)24(20(25)18-19(15-8-9-15)26-12-21-18)11-16-10-17(23-22-16)14-6-4-3-5-7-14/h3-7,10,12-13,15H,8-9,11H2,1-2H3,(H,22,23). The predicted octanol–water partition coefficient (Wildman–Crippen LogP) is 3.99. The number of hydrogen-bond donors (Lipinski definition) is 1. The number of aromatic nitrogens is 3. The molecule has 1 N–H and O–H groups in total. The zero-order valence-electron chi connectivity index (χ0n) is 15.0. The van der Waals surface area contributed by atoms with E-state index in [1.807, 2.05) is 50.2 Å². The van der Waals surface area contributed by atoms with Crippen LogP contribution in [0.1, 0.15) is 54.5 Å². The predicted molar refractivity (Wildman–Crippen MR) is 97.5 cm³/mol. The van der Waals surface area contributed by atoms with Gasteiger partial charge in [0.2, 0.25) is 0 Å². The number of benzene rings is 1. The van der Waals surface area contributed by atoms with Crippen LogP contribution in [-0.2, 0) is 6.54 Å². The maximum atomic E-state index is 13.1. The van der Waals surface area contributed by atoms with Gasteiger partial charge in [-0.05, 0) is 32.8 Å². The SMILES string of the molecule is CC(C)N(Cc1cc(-c2ccccc2)n[nH]1)C(=O)c1ncoc1C1CC1. The average Bonchev–Trinajstić information content (AvgIpc) is 3.19. The highest BCUT2D eigenvalue weighted by molar-refractivity contribution is 5.93. The van der Waals surface area contributed by atoms with E-state index >= 15 is 0 Å². The molecule has 1 saturated carbocycles. The smallest absolute Gasteiger partial charge is 0.276 e. The van der Waals surface area contributed by atoms with Crippen LogP contribution in [0.4, 0.5) is 0 Å². The van der Waals surface area contributed by atoms with E-state index in [0.717, 1.165) is 35.6 Å². The third-order valence-corrected chi connectivity index (χ3v) is 4.67. The van der Waals surface area contributed by atoms with Crippen molar-refractivity contribution in [2.45, 2.75) is 45.2 Å². The first-order valence-corrected chi connectivity index (χ1v) is 8.97. The van der Waals surface area contributed by atoms with Crippen LogP contribution in [0.5, 0.6) is 0 Å². The van der Waals surface area contributed by atoms with Gasteiger partial charge in [0.25, 0.3) is 5.91 Å². The summed E-state index contributed by atoms with van der Waals surface area (Å²) in [5, 5.41) is 7.43. The van der Waals surface area contributed by atoms with Crippen molar-refractivity contribution < 1.29 is 9.21 Å². The van der Waals surface area contributed by atoms with E-state index in [0.29, 0.717) is 18.2 Å². The number of carbonyl (C=O) groups excluding carboxylic acids is 1. The van der Waals surface area contributed by atoms with Gasteiger partial charge in [-0.1, -0.05) is 30.3 Å². The number of rotatable bonds is 6. The highest BCUT2D eigenvalue weighted by atomic mass is 16.3. The topological polar surface area (TPSA) is 75.0 Å². The molecular weight excluding hydrogens is 328 g/mol. The molecule has 2 aromatic heterocycles. The fraction of sp³-hybridized carbons (Fsp3) is 0.350. The number of oxazole rings is 1. The van der Waals surface area contributed by atoms with E-state index in [-0.39, 0.29) is 11.9 Å². The lowest BCUT2D eigenvalue weighted by Crippen LogP contribution is -2.37. The molecule has 6 heteroatoms. The van der Waals surface area contributed by atoms with Crippen molar-refractivity contribution in [3.05, 3.63) is 59.9 Å². The summed E-state index contributed by atoms with van der Waals surface area (Å²) in [5.74, 6) is 0.990. The Hall–Kier alpha value is -2.89. The van der Waals surface area contributed by atoms with E-state index < -0.39 is 0 Å². The highest BCUT2D eigenvalue weighted by Gasteiger charge is 2.34. The van der Waals surface area contributed by atoms with Crippen molar-refractivity contribution in [1.82, 2.24) is 20.1 Å². The minimum atomic E-state index is -0.0912. The molecule has 26 heavy (non-hydrogen) atoms. The van der Waals surface area contributed by atoms with Crippen molar-refractivity contribution in [2.24, 2.45) is 0 Å². The number of nitrogens with zero attached hydrogens (tertiary/aromatic N) is 3. The summed E-state index contributed by atoms with van der Waals surface area (Å²) in [5.41, 5.74) is 3.26. The molecule has 3 aromatic rings. The molecule has 0 unspecified atom stereocenters. The van der Waals surface area contributed by atoms with Gasteiger partial charge in [-0.25, -0.2) is 4.98 Å². The maximum absolute atomic E-state index is 13.1. The second-order valence-electron chi connectivity index (χ2n) is 7.01. The average molecular weight is 350 g/mol. The van der Waals surface area contributed by atoms with E-state index in [4.69, 9.17) is 4.42 Å². The van der Waals surface area contributed by atoms with Crippen molar-refractivity contribution in [1.29, 1.82) is 0 Å². The summed E-state index contributed by atoms with van der Waals surface area (Å²) in [6.07, 6.45) is 3.51. The molecule has 2 heterocycles. The molecule has 1 aromatic carbocycles. The first-order chi connectivity index (χ1) is 12.6. The van der Waals surface area contributed by atoms with Crippen LogP contribution in [0, 0.1) is 0 Å². The van der Waals surface area contributed by atoms with Gasteiger partial charge in [0.05, 0.1) is 17.9 Å². The monoisotopic (exact) mass is 350 g/mol. The summed E-state index contributed by atoms with van der Waals surface area (Å²) in [6, 6.07) is 12.0. The Morgan fingerprint density at radius 1 is 1.31 bits per heavy atom. The first kappa shape index (κ1) is 16.6. The summed E-state index contributed by atoms with van der Waals surface area (Å²) in [7, 11) is 0.